The molecule has 0 aliphatic rings. The lowest BCUT2D eigenvalue weighted by atomic mass is 9.94. The van der Waals surface area contributed by atoms with Gasteiger partial charge in [0.2, 0.25) is 10.0 Å². The maximum absolute atomic E-state index is 12.0. The van der Waals surface area contributed by atoms with Gasteiger partial charge in [0, 0.05) is 0 Å². The van der Waals surface area contributed by atoms with Crippen molar-refractivity contribution in [2.24, 2.45) is 16.6 Å². The van der Waals surface area contributed by atoms with Gasteiger partial charge < -0.3 is 11.5 Å². The van der Waals surface area contributed by atoms with Gasteiger partial charge >= 0.3 is 0 Å². The normalized spacial score (nSPS) is 16.4. The van der Waals surface area contributed by atoms with E-state index in [0.717, 1.165) is 0 Å². The van der Waals surface area contributed by atoms with Crippen molar-refractivity contribution in [3.05, 3.63) is 71.8 Å². The third kappa shape index (κ3) is 2.46. The monoisotopic (exact) mass is 291 g/mol. The van der Waals surface area contributed by atoms with E-state index in [4.69, 9.17) is 16.6 Å². The molecule has 0 aliphatic carbocycles. The van der Waals surface area contributed by atoms with Gasteiger partial charge in [-0.3, -0.25) is 0 Å². The second-order valence-corrected chi connectivity index (χ2v) is 6.36. The van der Waals surface area contributed by atoms with Gasteiger partial charge in [-0.2, -0.15) is 0 Å². The van der Waals surface area contributed by atoms with Crippen molar-refractivity contribution >= 4 is 10.0 Å². The van der Waals surface area contributed by atoms with E-state index in [9.17, 15) is 8.42 Å². The van der Waals surface area contributed by atoms with E-state index in [2.05, 4.69) is 0 Å². The molecule has 0 saturated carbocycles. The zero-order chi connectivity index (χ0) is 14.8. The predicted molar refractivity (Wildman–Crippen MR) is 78.8 cm³/mol. The summed E-state index contributed by atoms with van der Waals surface area (Å²) in [4.78, 5) is -1.88. The van der Waals surface area contributed by atoms with Crippen molar-refractivity contribution in [1.29, 1.82) is 0 Å². The average Bonchev–Trinajstić information content (AvgIpc) is 2.46. The summed E-state index contributed by atoms with van der Waals surface area (Å²) < 4.78 is 24.1. The molecule has 0 fully saturated rings. The Morgan fingerprint density at radius 3 is 1.80 bits per heavy atom. The summed E-state index contributed by atoms with van der Waals surface area (Å²) in [6, 6.07) is 16.2. The molecule has 2 aromatic carbocycles. The molecule has 0 aromatic heterocycles. The number of hydrogen-bond donors (Lipinski definition) is 3. The lowest BCUT2D eigenvalue weighted by Gasteiger charge is -2.33. The Hall–Kier alpha value is -1.73. The molecule has 0 spiro atoms. The fourth-order valence-electron chi connectivity index (χ4n) is 2.13. The molecule has 0 heterocycles. The summed E-state index contributed by atoms with van der Waals surface area (Å²) in [6.07, 6.45) is 0. The van der Waals surface area contributed by atoms with Crippen LogP contribution in [0.1, 0.15) is 17.2 Å². The Balaban J connectivity index is 2.61. The average molecular weight is 291 g/mol. The number of benzene rings is 2. The number of hydrogen-bond acceptors (Lipinski definition) is 4. The lowest BCUT2D eigenvalue weighted by molar-refractivity contribution is 0.462. The zero-order valence-electron chi connectivity index (χ0n) is 10.8. The smallest absolute Gasteiger partial charge is 0.234 e. The molecule has 0 radical (unpaired) electrons. The van der Waals surface area contributed by atoms with Crippen LogP contribution in [0.3, 0.4) is 0 Å². The summed E-state index contributed by atoms with van der Waals surface area (Å²) in [6.45, 7) is 0. The van der Waals surface area contributed by atoms with E-state index in [1.165, 1.54) is 0 Å². The van der Waals surface area contributed by atoms with Crippen LogP contribution in [-0.4, -0.2) is 8.42 Å². The van der Waals surface area contributed by atoms with Crippen molar-refractivity contribution in [3.63, 3.8) is 0 Å². The van der Waals surface area contributed by atoms with Crippen molar-refractivity contribution in [3.8, 4) is 0 Å². The van der Waals surface area contributed by atoms with Gasteiger partial charge in [0.1, 0.15) is 0 Å². The van der Waals surface area contributed by atoms with E-state index in [1.54, 1.807) is 54.6 Å². The molecule has 106 valence electrons. The van der Waals surface area contributed by atoms with Gasteiger partial charge in [0.15, 0.2) is 4.87 Å². The van der Waals surface area contributed by atoms with Crippen LogP contribution in [0.2, 0.25) is 0 Å². The van der Waals surface area contributed by atoms with Crippen molar-refractivity contribution in [2.75, 3.05) is 0 Å². The highest BCUT2D eigenvalue weighted by atomic mass is 32.2. The second kappa shape index (κ2) is 5.34. The van der Waals surface area contributed by atoms with E-state index in [-0.39, 0.29) is 0 Å². The Bertz CT molecular complexity index is 674. The molecule has 0 saturated heterocycles. The van der Waals surface area contributed by atoms with Crippen LogP contribution >= 0.6 is 0 Å². The van der Waals surface area contributed by atoms with Crippen LogP contribution in [0.4, 0.5) is 0 Å². The molecule has 2 unspecified atom stereocenters. The summed E-state index contributed by atoms with van der Waals surface area (Å²) in [5, 5.41) is 5.35. The molecule has 20 heavy (non-hydrogen) atoms. The minimum absolute atomic E-state index is 0.360. The third-order valence-electron chi connectivity index (χ3n) is 3.32. The molecule has 5 nitrogen and oxygen atoms in total. The van der Waals surface area contributed by atoms with Crippen molar-refractivity contribution in [2.45, 2.75) is 10.9 Å². The van der Waals surface area contributed by atoms with Crippen LogP contribution in [0.25, 0.3) is 0 Å². The van der Waals surface area contributed by atoms with E-state index in [1.807, 2.05) is 6.07 Å². The fourth-order valence-corrected chi connectivity index (χ4v) is 3.08. The molecule has 6 N–H and O–H groups in total. The quantitative estimate of drug-likeness (QED) is 0.772. The standard InChI is InChI=1S/C14H17N3O2S/c15-13(11-7-3-1-4-8-11)14(16,20(17,18)19)12-9-5-2-6-10-12/h1-10,13H,15-16H2,(H2,17,18,19). The predicted octanol–water partition coefficient (Wildman–Crippen LogP) is 0.787. The van der Waals surface area contributed by atoms with Gasteiger partial charge in [-0.15, -0.1) is 0 Å². The van der Waals surface area contributed by atoms with Gasteiger partial charge in [0.05, 0.1) is 6.04 Å². The Morgan fingerprint density at radius 2 is 1.35 bits per heavy atom. The number of nitrogens with two attached hydrogens (primary N) is 3. The van der Waals surface area contributed by atoms with Gasteiger partial charge in [-0.1, -0.05) is 60.7 Å². The van der Waals surface area contributed by atoms with Gasteiger partial charge in [-0.25, -0.2) is 13.6 Å². The molecule has 2 rings (SSSR count). The maximum Gasteiger partial charge on any atom is 0.234 e. The molecule has 0 bridgehead atoms. The molecular formula is C14H17N3O2S. The van der Waals surface area contributed by atoms with Crippen LogP contribution in [0, 0.1) is 0 Å². The third-order valence-corrected chi connectivity index (χ3v) is 4.75. The topological polar surface area (TPSA) is 112 Å². The maximum atomic E-state index is 12.0. The Kier molecular flexibility index (Phi) is 3.92. The van der Waals surface area contributed by atoms with E-state index in [0.29, 0.717) is 11.1 Å². The first-order chi connectivity index (χ1) is 9.37. The van der Waals surface area contributed by atoms with Crippen molar-refractivity contribution in [1.82, 2.24) is 0 Å². The molecule has 6 heteroatoms. The number of rotatable bonds is 4. The van der Waals surface area contributed by atoms with E-state index >= 15 is 0 Å². The molecule has 0 amide bonds. The highest BCUT2D eigenvalue weighted by molar-refractivity contribution is 7.90. The minimum atomic E-state index is -4.11. The molecular weight excluding hydrogens is 274 g/mol. The van der Waals surface area contributed by atoms with Gasteiger partial charge in [0.25, 0.3) is 0 Å². The Morgan fingerprint density at radius 1 is 0.900 bits per heavy atom. The van der Waals surface area contributed by atoms with Crippen LogP contribution < -0.4 is 16.6 Å². The summed E-state index contributed by atoms with van der Waals surface area (Å²) >= 11 is 0. The van der Waals surface area contributed by atoms with Gasteiger partial charge in [-0.05, 0) is 11.1 Å². The highest BCUT2D eigenvalue weighted by Gasteiger charge is 2.45. The Labute approximate surface area is 118 Å². The lowest BCUT2D eigenvalue weighted by Crippen LogP contribution is -2.55. The van der Waals surface area contributed by atoms with E-state index < -0.39 is 20.9 Å². The highest BCUT2D eigenvalue weighted by Crippen LogP contribution is 2.34. The minimum Gasteiger partial charge on any atom is -0.321 e. The number of sulfonamides is 1. The molecule has 0 aliphatic heterocycles. The summed E-state index contributed by atoms with van der Waals surface area (Å²) in [5.41, 5.74) is 13.2. The first-order valence-corrected chi connectivity index (χ1v) is 7.59. The SMILES string of the molecule is NC(c1ccccc1)C(N)(c1ccccc1)S(N)(=O)=O. The van der Waals surface area contributed by atoms with Crippen LogP contribution in [-0.2, 0) is 14.9 Å². The summed E-state index contributed by atoms with van der Waals surface area (Å²) in [7, 11) is -4.11. The molecule has 2 aromatic rings. The first-order valence-electron chi connectivity index (χ1n) is 6.04. The van der Waals surface area contributed by atoms with Crippen LogP contribution in [0.15, 0.2) is 60.7 Å². The zero-order valence-corrected chi connectivity index (χ0v) is 11.6. The van der Waals surface area contributed by atoms with Crippen molar-refractivity contribution < 1.29 is 8.42 Å². The fraction of sp³-hybridized carbons (Fsp3) is 0.143. The molecule has 2 atom stereocenters. The largest absolute Gasteiger partial charge is 0.321 e. The first kappa shape index (κ1) is 14.7. The second-order valence-electron chi connectivity index (χ2n) is 4.59. The summed E-state index contributed by atoms with van der Waals surface area (Å²) in [5.74, 6) is 0. The number of primary sulfonamides is 1. The van der Waals surface area contributed by atoms with Crippen LogP contribution in [0.5, 0.6) is 0 Å².